The molecular formula is C28H25F4N7O3. The van der Waals surface area contributed by atoms with E-state index in [9.17, 15) is 22.4 Å². The number of nitrogens with one attached hydrogen (secondary N) is 2. The van der Waals surface area contributed by atoms with Gasteiger partial charge < -0.3 is 25.0 Å². The Morgan fingerprint density at radius 1 is 1.12 bits per heavy atom. The van der Waals surface area contributed by atoms with Crippen LogP contribution in [-0.4, -0.2) is 65.5 Å². The van der Waals surface area contributed by atoms with E-state index in [4.69, 9.17) is 9.47 Å². The van der Waals surface area contributed by atoms with Crippen molar-refractivity contribution < 1.29 is 31.8 Å². The van der Waals surface area contributed by atoms with Crippen molar-refractivity contribution in [1.29, 1.82) is 0 Å². The second kappa shape index (κ2) is 12.4. The van der Waals surface area contributed by atoms with Gasteiger partial charge in [-0.15, -0.1) is 0 Å². The van der Waals surface area contributed by atoms with Crippen LogP contribution in [0.5, 0.6) is 11.5 Å². The quantitative estimate of drug-likeness (QED) is 0.288. The van der Waals surface area contributed by atoms with Crippen LogP contribution in [0.25, 0.3) is 11.3 Å². The predicted molar refractivity (Wildman–Crippen MR) is 145 cm³/mol. The molecule has 1 saturated heterocycles. The summed E-state index contributed by atoms with van der Waals surface area (Å²) >= 11 is 0. The summed E-state index contributed by atoms with van der Waals surface area (Å²) in [5, 5.41) is 13.2. The minimum Gasteiger partial charge on any atom is -0.454 e. The number of morpholine rings is 1. The summed E-state index contributed by atoms with van der Waals surface area (Å²) in [6.07, 6.45) is 0.109. The summed E-state index contributed by atoms with van der Waals surface area (Å²) < 4.78 is 69.7. The van der Waals surface area contributed by atoms with Crippen molar-refractivity contribution in [3.8, 4) is 22.8 Å². The first-order valence-corrected chi connectivity index (χ1v) is 12.8. The zero-order valence-electron chi connectivity index (χ0n) is 22.2. The van der Waals surface area contributed by atoms with Gasteiger partial charge in [-0.2, -0.15) is 23.4 Å². The number of halogens is 4. The van der Waals surface area contributed by atoms with Gasteiger partial charge in [0, 0.05) is 32.2 Å². The number of aromatic nitrogens is 4. The average Bonchev–Trinajstić information content (AvgIpc) is 2.99. The first kappa shape index (κ1) is 28.8. The van der Waals surface area contributed by atoms with Crippen molar-refractivity contribution in [1.82, 2.24) is 25.5 Å². The first-order valence-electron chi connectivity index (χ1n) is 12.8. The molecule has 1 fully saturated rings. The van der Waals surface area contributed by atoms with E-state index >= 15 is 0 Å². The summed E-state index contributed by atoms with van der Waals surface area (Å²) in [6, 6.07) is 9.06. The second-order valence-electron chi connectivity index (χ2n) is 9.32. The Morgan fingerprint density at radius 2 is 1.95 bits per heavy atom. The highest BCUT2D eigenvalue weighted by atomic mass is 19.4. The number of benzene rings is 2. The molecule has 0 radical (unpaired) electrons. The molecule has 5 rings (SSSR count). The number of amides is 1. The number of hydrogen-bond donors (Lipinski definition) is 2. The number of carbonyl (C=O) groups excluding carboxylic acids is 1. The lowest BCUT2D eigenvalue weighted by atomic mass is 10.1. The summed E-state index contributed by atoms with van der Waals surface area (Å²) in [5.41, 5.74) is -1.03. The van der Waals surface area contributed by atoms with E-state index in [1.807, 2.05) is 0 Å². The highest BCUT2D eigenvalue weighted by molar-refractivity contribution is 6.05. The predicted octanol–water partition coefficient (Wildman–Crippen LogP) is 4.56. The normalized spacial score (nSPS) is 15.2. The molecule has 3 heterocycles. The van der Waals surface area contributed by atoms with Crippen LogP contribution in [0.2, 0.25) is 0 Å². The molecule has 0 bridgehead atoms. The highest BCUT2D eigenvalue weighted by Crippen LogP contribution is 2.47. The zero-order valence-corrected chi connectivity index (χ0v) is 22.2. The Kier molecular flexibility index (Phi) is 8.54. The largest absolute Gasteiger partial charge is 0.454 e. The fraction of sp³-hybridized carbons (Fsp3) is 0.250. The molecule has 2 N–H and O–H groups in total. The highest BCUT2D eigenvalue weighted by Gasteiger charge is 2.41. The number of para-hydroxylation sites is 1. The van der Waals surface area contributed by atoms with Gasteiger partial charge in [-0.1, -0.05) is 12.1 Å². The first-order chi connectivity index (χ1) is 20.2. The van der Waals surface area contributed by atoms with Gasteiger partial charge in [0.1, 0.15) is 17.0 Å². The topological polar surface area (TPSA) is 114 Å². The SMILES string of the molecule is CN(CC1CNCCO1)c1c(NC(=O)c2cncc(-c3ccnnc3)n2)ccc(Oc2ccccc2F)c1C(F)(F)F. The van der Waals surface area contributed by atoms with E-state index in [1.165, 1.54) is 61.0 Å². The third-order valence-corrected chi connectivity index (χ3v) is 6.34. The standard InChI is InChI=1S/C28H25F4N7O3/c1-39(16-18-13-33-10-11-41-18)26-20(38-27(40)22-15-34-14-21(37-22)17-8-9-35-36-12-17)6-7-24(25(26)28(30,31)32)42-23-5-3-2-4-19(23)29/h2-9,12,14-15,18,33H,10-11,13,16H2,1H3,(H,38,40). The molecule has 1 amide bonds. The lowest BCUT2D eigenvalue weighted by molar-refractivity contribution is -0.138. The van der Waals surface area contributed by atoms with E-state index < -0.39 is 35.3 Å². The van der Waals surface area contributed by atoms with Gasteiger partial charge in [0.2, 0.25) is 0 Å². The Morgan fingerprint density at radius 3 is 2.67 bits per heavy atom. The molecule has 1 unspecified atom stereocenters. The maximum atomic E-state index is 14.7. The van der Waals surface area contributed by atoms with Crippen molar-refractivity contribution in [2.24, 2.45) is 0 Å². The Hall–Kier alpha value is -4.69. The Balaban J connectivity index is 1.55. The molecule has 1 atom stereocenters. The van der Waals surface area contributed by atoms with Crippen molar-refractivity contribution in [2.45, 2.75) is 12.3 Å². The Labute approximate surface area is 237 Å². The molecule has 1 aliphatic heterocycles. The Bertz CT molecular complexity index is 1550. The number of anilines is 2. The second-order valence-corrected chi connectivity index (χ2v) is 9.32. The van der Waals surface area contributed by atoms with E-state index in [2.05, 4.69) is 30.8 Å². The van der Waals surface area contributed by atoms with Crippen LogP contribution in [0.4, 0.5) is 28.9 Å². The summed E-state index contributed by atoms with van der Waals surface area (Å²) in [7, 11) is 1.45. The fourth-order valence-corrected chi connectivity index (χ4v) is 4.45. The summed E-state index contributed by atoms with van der Waals surface area (Å²) in [5.74, 6) is -2.65. The van der Waals surface area contributed by atoms with Gasteiger partial charge >= 0.3 is 6.18 Å². The van der Waals surface area contributed by atoms with Crippen molar-refractivity contribution in [3.63, 3.8) is 0 Å². The minimum atomic E-state index is -4.95. The number of nitrogens with zero attached hydrogens (tertiary/aromatic N) is 5. The molecule has 1 aliphatic rings. The molecule has 14 heteroatoms. The molecule has 2 aromatic heterocycles. The molecule has 218 valence electrons. The zero-order chi connectivity index (χ0) is 29.7. The number of carbonyl (C=O) groups is 1. The van der Waals surface area contributed by atoms with Crippen LogP contribution in [0, 0.1) is 5.82 Å². The van der Waals surface area contributed by atoms with Gasteiger partial charge in [-0.25, -0.2) is 9.37 Å². The van der Waals surface area contributed by atoms with Crippen molar-refractivity contribution >= 4 is 17.3 Å². The smallest absolute Gasteiger partial charge is 0.422 e. The molecule has 42 heavy (non-hydrogen) atoms. The lowest BCUT2D eigenvalue weighted by Gasteiger charge is -2.32. The third-order valence-electron chi connectivity index (χ3n) is 6.34. The van der Waals surface area contributed by atoms with E-state index in [0.717, 1.165) is 12.1 Å². The van der Waals surface area contributed by atoms with Crippen LogP contribution in [0.15, 0.2) is 67.3 Å². The number of hydrogen-bond acceptors (Lipinski definition) is 9. The molecule has 4 aromatic rings. The number of rotatable bonds is 8. The van der Waals surface area contributed by atoms with Gasteiger partial charge in [0.15, 0.2) is 11.6 Å². The monoisotopic (exact) mass is 583 g/mol. The molecular weight excluding hydrogens is 558 g/mol. The molecule has 0 aliphatic carbocycles. The minimum absolute atomic E-state index is 0.0481. The van der Waals surface area contributed by atoms with Gasteiger partial charge in [-0.05, 0) is 30.3 Å². The van der Waals surface area contributed by atoms with Gasteiger partial charge in [0.25, 0.3) is 5.91 Å². The molecule has 10 nitrogen and oxygen atoms in total. The van der Waals surface area contributed by atoms with Gasteiger partial charge in [-0.3, -0.25) is 9.78 Å². The average molecular weight is 584 g/mol. The molecule has 0 spiro atoms. The number of ether oxygens (including phenoxy) is 2. The van der Waals surface area contributed by atoms with Crippen LogP contribution in [0.3, 0.4) is 0 Å². The van der Waals surface area contributed by atoms with Crippen molar-refractivity contribution in [3.05, 3.63) is 84.3 Å². The van der Waals surface area contributed by atoms with E-state index in [-0.39, 0.29) is 29.4 Å². The fourth-order valence-electron chi connectivity index (χ4n) is 4.45. The van der Waals surface area contributed by atoms with E-state index in [1.54, 1.807) is 6.07 Å². The molecule has 0 saturated carbocycles. The third kappa shape index (κ3) is 6.61. The van der Waals surface area contributed by atoms with Crippen LogP contribution < -0.4 is 20.3 Å². The summed E-state index contributed by atoms with van der Waals surface area (Å²) in [6.45, 7) is 1.49. The maximum Gasteiger partial charge on any atom is 0.422 e. The van der Waals surface area contributed by atoms with Crippen LogP contribution in [-0.2, 0) is 10.9 Å². The summed E-state index contributed by atoms with van der Waals surface area (Å²) in [4.78, 5) is 22.9. The van der Waals surface area contributed by atoms with Crippen molar-refractivity contribution in [2.75, 3.05) is 43.5 Å². The lowest BCUT2D eigenvalue weighted by Crippen LogP contribution is -2.45. The number of likely N-dealkylation sites (N-methyl/N-ethyl adjacent to an activating group) is 1. The van der Waals surface area contributed by atoms with Gasteiger partial charge in [0.05, 0.1) is 54.6 Å². The van der Waals surface area contributed by atoms with E-state index in [0.29, 0.717) is 31.0 Å². The molecule has 2 aromatic carbocycles. The number of alkyl halides is 3. The van der Waals surface area contributed by atoms with Crippen LogP contribution >= 0.6 is 0 Å². The maximum absolute atomic E-state index is 14.7. The van der Waals surface area contributed by atoms with Crippen LogP contribution in [0.1, 0.15) is 16.1 Å².